The second-order valence-electron chi connectivity index (χ2n) is 5.42. The number of hydrogen-bond acceptors (Lipinski definition) is 4. The lowest BCUT2D eigenvalue weighted by Crippen LogP contribution is -2.26. The van der Waals surface area contributed by atoms with Crippen LogP contribution in [0.25, 0.3) is 11.0 Å². The number of imidazole rings is 1. The maximum Gasteiger partial charge on any atom is 0.326 e. The molecule has 1 aromatic carbocycles. The highest BCUT2D eigenvalue weighted by molar-refractivity contribution is 7.91. The molecule has 0 radical (unpaired) electrons. The summed E-state index contributed by atoms with van der Waals surface area (Å²) in [6.45, 7) is 2.73. The van der Waals surface area contributed by atoms with Gasteiger partial charge in [0.15, 0.2) is 0 Å². The standard InChI is InChI=1S/C16H19N3O3S2/c1-2-12-8-9-15(23-12)24(21,22)17-10-5-11-19-14-7-4-3-6-13(14)18-16(19)20/h3-4,6-9,17H,2,5,10-11H2,1H3,(H,18,20). The second kappa shape index (κ2) is 6.92. The third kappa shape index (κ3) is 3.45. The third-order valence-electron chi connectivity index (χ3n) is 3.78. The summed E-state index contributed by atoms with van der Waals surface area (Å²) in [5.74, 6) is 0. The number of nitrogens with zero attached hydrogens (tertiary/aromatic N) is 1. The number of sulfonamides is 1. The van der Waals surface area contributed by atoms with Crippen molar-refractivity contribution in [3.63, 3.8) is 0 Å². The molecule has 0 atom stereocenters. The van der Waals surface area contributed by atoms with E-state index in [1.807, 2.05) is 37.3 Å². The Kier molecular flexibility index (Phi) is 4.88. The van der Waals surface area contributed by atoms with Crippen LogP contribution in [0.4, 0.5) is 0 Å². The molecule has 0 unspecified atom stereocenters. The average molecular weight is 365 g/mol. The highest BCUT2D eigenvalue weighted by atomic mass is 32.2. The van der Waals surface area contributed by atoms with E-state index in [0.29, 0.717) is 17.2 Å². The van der Waals surface area contributed by atoms with Gasteiger partial charge in [0, 0.05) is 18.0 Å². The predicted molar refractivity (Wildman–Crippen MR) is 96.1 cm³/mol. The fourth-order valence-corrected chi connectivity index (χ4v) is 4.95. The van der Waals surface area contributed by atoms with Gasteiger partial charge in [0.25, 0.3) is 0 Å². The Hall–Kier alpha value is -1.90. The lowest BCUT2D eigenvalue weighted by Gasteiger charge is -2.06. The molecule has 0 fully saturated rings. The highest BCUT2D eigenvalue weighted by Crippen LogP contribution is 2.21. The first-order valence-corrected chi connectivity index (χ1v) is 10.1. The SMILES string of the molecule is CCc1ccc(S(=O)(=O)NCCCn2c(=O)[nH]c3ccccc32)s1. The van der Waals surface area contributed by atoms with E-state index < -0.39 is 10.0 Å². The van der Waals surface area contributed by atoms with E-state index in [0.717, 1.165) is 22.3 Å². The van der Waals surface area contributed by atoms with Crippen molar-refractivity contribution in [2.75, 3.05) is 6.54 Å². The van der Waals surface area contributed by atoms with E-state index in [4.69, 9.17) is 0 Å². The molecule has 3 aromatic rings. The summed E-state index contributed by atoms with van der Waals surface area (Å²) in [4.78, 5) is 15.8. The molecule has 0 amide bonds. The number of nitrogens with one attached hydrogen (secondary N) is 2. The molecule has 0 saturated heterocycles. The first-order chi connectivity index (χ1) is 11.5. The van der Waals surface area contributed by atoms with Gasteiger partial charge in [-0.1, -0.05) is 19.1 Å². The third-order valence-corrected chi connectivity index (χ3v) is 6.96. The van der Waals surface area contributed by atoms with Crippen LogP contribution in [-0.2, 0) is 23.0 Å². The van der Waals surface area contributed by atoms with Crippen molar-refractivity contribution in [1.29, 1.82) is 0 Å². The molecule has 0 aliphatic heterocycles. The number of para-hydroxylation sites is 2. The molecule has 8 heteroatoms. The van der Waals surface area contributed by atoms with Crippen molar-refractivity contribution in [3.8, 4) is 0 Å². The van der Waals surface area contributed by atoms with Crippen LogP contribution in [0.15, 0.2) is 45.4 Å². The largest absolute Gasteiger partial charge is 0.326 e. The maximum absolute atomic E-state index is 12.2. The van der Waals surface area contributed by atoms with Crippen LogP contribution in [0.2, 0.25) is 0 Å². The summed E-state index contributed by atoms with van der Waals surface area (Å²) in [6, 6.07) is 10.9. The predicted octanol–water partition coefficient (Wildman–Crippen LogP) is 2.32. The van der Waals surface area contributed by atoms with Crippen molar-refractivity contribution in [1.82, 2.24) is 14.3 Å². The van der Waals surface area contributed by atoms with Gasteiger partial charge < -0.3 is 4.98 Å². The first-order valence-electron chi connectivity index (χ1n) is 7.77. The Labute approximate surface area is 144 Å². The smallest absolute Gasteiger partial charge is 0.306 e. The van der Waals surface area contributed by atoms with Crippen LogP contribution in [0.3, 0.4) is 0 Å². The van der Waals surface area contributed by atoms with Crippen LogP contribution < -0.4 is 10.4 Å². The number of aromatic amines is 1. The lowest BCUT2D eigenvalue weighted by atomic mass is 10.3. The number of hydrogen-bond donors (Lipinski definition) is 2. The number of rotatable bonds is 7. The van der Waals surface area contributed by atoms with Gasteiger partial charge in [-0.3, -0.25) is 4.57 Å². The summed E-state index contributed by atoms with van der Waals surface area (Å²) >= 11 is 1.29. The van der Waals surface area contributed by atoms with Gasteiger partial charge in [-0.05, 0) is 37.1 Å². The first kappa shape index (κ1) is 16.9. The number of thiophene rings is 1. The van der Waals surface area contributed by atoms with Crippen molar-refractivity contribution in [2.24, 2.45) is 0 Å². The summed E-state index contributed by atoms with van der Waals surface area (Å²) in [7, 11) is -3.47. The molecular formula is C16H19N3O3S2. The Balaban J connectivity index is 1.62. The van der Waals surface area contributed by atoms with Crippen LogP contribution in [0, 0.1) is 0 Å². The fourth-order valence-electron chi connectivity index (χ4n) is 2.54. The van der Waals surface area contributed by atoms with Gasteiger partial charge in [0.2, 0.25) is 10.0 Å². The van der Waals surface area contributed by atoms with E-state index in [-0.39, 0.29) is 12.2 Å². The molecule has 0 aliphatic rings. The average Bonchev–Trinajstić information content (AvgIpc) is 3.16. The number of fused-ring (bicyclic) bond motifs is 1. The number of benzene rings is 1. The van der Waals surface area contributed by atoms with Crippen molar-refractivity contribution < 1.29 is 8.42 Å². The van der Waals surface area contributed by atoms with Gasteiger partial charge in [-0.2, -0.15) is 0 Å². The van der Waals surface area contributed by atoms with Crippen molar-refractivity contribution >= 4 is 32.4 Å². The summed E-state index contributed by atoms with van der Waals surface area (Å²) in [5.41, 5.74) is 1.44. The number of aromatic nitrogens is 2. The van der Waals surface area contributed by atoms with Gasteiger partial charge in [-0.15, -0.1) is 11.3 Å². The van der Waals surface area contributed by atoms with Crippen LogP contribution in [0.1, 0.15) is 18.2 Å². The quantitative estimate of drug-likeness (QED) is 0.630. The van der Waals surface area contributed by atoms with Gasteiger partial charge in [0.05, 0.1) is 11.0 Å². The molecule has 3 rings (SSSR count). The molecule has 0 saturated carbocycles. The summed E-state index contributed by atoms with van der Waals surface area (Å²) < 4.78 is 29.0. The molecule has 0 aliphatic carbocycles. The minimum atomic E-state index is -3.47. The molecule has 0 spiro atoms. The van der Waals surface area contributed by atoms with Crippen LogP contribution >= 0.6 is 11.3 Å². The molecule has 2 N–H and O–H groups in total. The Morgan fingerprint density at radius 2 is 2.00 bits per heavy atom. The molecule has 2 heterocycles. The van der Waals surface area contributed by atoms with Gasteiger partial charge in [-0.25, -0.2) is 17.9 Å². The maximum atomic E-state index is 12.2. The lowest BCUT2D eigenvalue weighted by molar-refractivity contribution is 0.571. The molecule has 128 valence electrons. The zero-order valence-electron chi connectivity index (χ0n) is 13.3. The zero-order valence-corrected chi connectivity index (χ0v) is 14.9. The Bertz CT molecular complexity index is 999. The van der Waals surface area contributed by atoms with E-state index in [1.54, 1.807) is 10.6 Å². The van der Waals surface area contributed by atoms with E-state index >= 15 is 0 Å². The highest BCUT2D eigenvalue weighted by Gasteiger charge is 2.16. The van der Waals surface area contributed by atoms with Gasteiger partial charge >= 0.3 is 5.69 Å². The molecule has 6 nitrogen and oxygen atoms in total. The van der Waals surface area contributed by atoms with Gasteiger partial charge in [0.1, 0.15) is 4.21 Å². The minimum absolute atomic E-state index is 0.176. The zero-order chi connectivity index (χ0) is 17.2. The number of H-pyrrole nitrogens is 1. The summed E-state index contributed by atoms with van der Waals surface area (Å²) in [5, 5.41) is 0. The second-order valence-corrected chi connectivity index (χ2v) is 8.59. The van der Waals surface area contributed by atoms with Crippen molar-refractivity contribution in [3.05, 3.63) is 51.8 Å². The minimum Gasteiger partial charge on any atom is -0.306 e. The molecule has 24 heavy (non-hydrogen) atoms. The van der Waals surface area contributed by atoms with E-state index in [1.165, 1.54) is 11.3 Å². The fraction of sp³-hybridized carbons (Fsp3) is 0.312. The Morgan fingerprint density at radius 1 is 1.21 bits per heavy atom. The van der Waals surface area contributed by atoms with Crippen LogP contribution in [0.5, 0.6) is 0 Å². The normalized spacial score (nSPS) is 12.0. The van der Waals surface area contributed by atoms with E-state index in [2.05, 4.69) is 9.71 Å². The Morgan fingerprint density at radius 3 is 2.75 bits per heavy atom. The number of aryl methyl sites for hydroxylation is 2. The van der Waals surface area contributed by atoms with Crippen LogP contribution in [-0.4, -0.2) is 24.5 Å². The molecular weight excluding hydrogens is 346 g/mol. The summed E-state index contributed by atoms with van der Waals surface area (Å²) in [6.07, 6.45) is 1.36. The topological polar surface area (TPSA) is 84.0 Å². The monoisotopic (exact) mass is 365 g/mol. The molecule has 2 aromatic heterocycles. The van der Waals surface area contributed by atoms with Crippen molar-refractivity contribution in [2.45, 2.75) is 30.5 Å². The van der Waals surface area contributed by atoms with E-state index in [9.17, 15) is 13.2 Å². The molecule has 0 bridgehead atoms.